The van der Waals surface area contributed by atoms with E-state index in [4.69, 9.17) is 21.3 Å². The third-order valence-corrected chi connectivity index (χ3v) is 2.59. The lowest BCUT2D eigenvalue weighted by atomic mass is 10.1. The first kappa shape index (κ1) is 12.2. The molecule has 1 heterocycles. The third kappa shape index (κ3) is 4.57. The van der Waals surface area contributed by atoms with E-state index in [-0.39, 0.29) is 12.2 Å². The van der Waals surface area contributed by atoms with Crippen LogP contribution < -0.4 is 0 Å². The highest BCUT2D eigenvalue weighted by Gasteiger charge is 2.22. The molecule has 0 bridgehead atoms. The minimum atomic E-state index is -0.235. The fourth-order valence-corrected chi connectivity index (χ4v) is 1.71. The second-order valence-corrected chi connectivity index (χ2v) is 4.01. The summed E-state index contributed by atoms with van der Waals surface area (Å²) < 4.78 is 12.0. The second kappa shape index (κ2) is 6.58. The van der Waals surface area contributed by atoms with Crippen LogP contribution in [0.15, 0.2) is 0 Å². The predicted octanol–water partition coefficient (Wildman–Crippen LogP) is 0.629. The van der Waals surface area contributed by atoms with Gasteiger partial charge in [-0.05, 0) is 18.2 Å². The normalized spacial score (nSPS) is 28.3. The van der Waals surface area contributed by atoms with E-state index in [1.54, 1.807) is 11.5 Å². The quantitative estimate of drug-likeness (QED) is 0.695. The molecule has 2 atom stereocenters. The zero-order valence-electron chi connectivity index (χ0n) is 8.49. The number of ether oxygens (including phenoxy) is 2. The summed E-state index contributed by atoms with van der Waals surface area (Å²) >= 11 is 5.93. The molecular formula is C9H18ClNO3. The van der Waals surface area contributed by atoms with E-state index in [1.807, 2.05) is 0 Å². The smallest absolute Gasteiger partial charge is 0.0739 e. The molecule has 4 nitrogen and oxygen atoms in total. The molecule has 84 valence electrons. The lowest BCUT2D eigenvalue weighted by molar-refractivity contribution is -0.0493. The van der Waals surface area contributed by atoms with E-state index in [1.165, 1.54) is 0 Å². The Morgan fingerprint density at radius 3 is 3.07 bits per heavy atom. The molecule has 0 amide bonds. The molecule has 0 aliphatic carbocycles. The van der Waals surface area contributed by atoms with Gasteiger partial charge in [-0.25, -0.2) is 4.42 Å². The van der Waals surface area contributed by atoms with Gasteiger partial charge in [0.25, 0.3) is 0 Å². The van der Waals surface area contributed by atoms with Gasteiger partial charge in [0.2, 0.25) is 0 Å². The monoisotopic (exact) mass is 223 g/mol. The van der Waals surface area contributed by atoms with Crippen molar-refractivity contribution in [2.45, 2.75) is 25.0 Å². The van der Waals surface area contributed by atoms with E-state index in [0.29, 0.717) is 32.7 Å². The molecule has 1 saturated heterocycles. The van der Waals surface area contributed by atoms with Crippen molar-refractivity contribution >= 4 is 11.8 Å². The number of halogens is 1. The van der Waals surface area contributed by atoms with Crippen LogP contribution in [-0.4, -0.2) is 55.1 Å². The van der Waals surface area contributed by atoms with Crippen molar-refractivity contribution in [2.24, 2.45) is 0 Å². The molecule has 0 spiro atoms. The van der Waals surface area contributed by atoms with Crippen LogP contribution in [0.4, 0.5) is 0 Å². The maximum atomic E-state index is 9.40. The Labute approximate surface area is 89.8 Å². The topological polar surface area (TPSA) is 41.9 Å². The highest BCUT2D eigenvalue weighted by atomic mass is 35.5. The predicted molar refractivity (Wildman–Crippen MR) is 54.3 cm³/mol. The molecule has 1 N–H and O–H groups in total. The zero-order chi connectivity index (χ0) is 10.4. The molecule has 1 aliphatic rings. The van der Waals surface area contributed by atoms with Gasteiger partial charge in [-0.15, -0.1) is 0 Å². The molecule has 0 radical (unpaired) electrons. The van der Waals surface area contributed by atoms with Crippen LogP contribution in [0.25, 0.3) is 0 Å². The Balaban J connectivity index is 2.15. The van der Waals surface area contributed by atoms with Crippen LogP contribution in [0.2, 0.25) is 0 Å². The van der Waals surface area contributed by atoms with Crippen LogP contribution >= 0.6 is 11.8 Å². The average molecular weight is 224 g/mol. The Morgan fingerprint density at radius 1 is 1.64 bits per heavy atom. The largest absolute Gasteiger partial charge is 0.393 e. The molecular weight excluding hydrogens is 206 g/mol. The average Bonchev–Trinajstić information content (AvgIpc) is 2.15. The van der Waals surface area contributed by atoms with Crippen molar-refractivity contribution in [1.29, 1.82) is 0 Å². The fourth-order valence-electron chi connectivity index (χ4n) is 1.49. The second-order valence-electron chi connectivity index (χ2n) is 3.53. The summed E-state index contributed by atoms with van der Waals surface area (Å²) in [7, 11) is 1.64. The molecule has 2 unspecified atom stereocenters. The lowest BCUT2D eigenvalue weighted by Crippen LogP contribution is -2.36. The summed E-state index contributed by atoms with van der Waals surface area (Å²) in [5, 5.41) is 9.40. The van der Waals surface area contributed by atoms with Crippen LogP contribution in [0.5, 0.6) is 0 Å². The summed E-state index contributed by atoms with van der Waals surface area (Å²) in [6.45, 7) is 2.55. The molecule has 14 heavy (non-hydrogen) atoms. The highest BCUT2D eigenvalue weighted by Crippen LogP contribution is 2.15. The van der Waals surface area contributed by atoms with Gasteiger partial charge in [-0.1, -0.05) is 0 Å². The van der Waals surface area contributed by atoms with Crippen LogP contribution in [0, 0.1) is 0 Å². The SMILES string of the molecule is COCCN(Cl)CC1CC(O)CCO1. The van der Waals surface area contributed by atoms with Gasteiger partial charge in [0.1, 0.15) is 0 Å². The fraction of sp³-hybridized carbons (Fsp3) is 1.00. The lowest BCUT2D eigenvalue weighted by Gasteiger charge is -2.28. The van der Waals surface area contributed by atoms with Gasteiger partial charge in [0, 0.05) is 33.2 Å². The maximum Gasteiger partial charge on any atom is 0.0739 e. The van der Waals surface area contributed by atoms with Crippen molar-refractivity contribution in [2.75, 3.05) is 33.4 Å². The summed E-state index contributed by atoms with van der Waals surface area (Å²) in [5.41, 5.74) is 0. The summed E-state index contributed by atoms with van der Waals surface area (Å²) in [5.74, 6) is 0. The van der Waals surface area contributed by atoms with Gasteiger partial charge in [-0.2, -0.15) is 0 Å². The molecule has 0 aromatic heterocycles. The zero-order valence-corrected chi connectivity index (χ0v) is 9.24. The number of methoxy groups -OCH3 is 1. The Bertz CT molecular complexity index is 159. The van der Waals surface area contributed by atoms with Crippen molar-refractivity contribution in [3.63, 3.8) is 0 Å². The van der Waals surface area contributed by atoms with Gasteiger partial charge in [0.15, 0.2) is 0 Å². The van der Waals surface area contributed by atoms with Gasteiger partial charge in [0.05, 0.1) is 18.8 Å². The van der Waals surface area contributed by atoms with Gasteiger partial charge < -0.3 is 14.6 Å². The maximum absolute atomic E-state index is 9.40. The molecule has 1 rings (SSSR count). The Hall–Kier alpha value is 0.130. The minimum absolute atomic E-state index is 0.0492. The molecule has 1 fully saturated rings. The molecule has 1 aliphatic heterocycles. The van der Waals surface area contributed by atoms with Crippen molar-refractivity contribution in [3.05, 3.63) is 0 Å². The van der Waals surface area contributed by atoms with Crippen LogP contribution in [0.3, 0.4) is 0 Å². The van der Waals surface area contributed by atoms with Crippen molar-refractivity contribution in [3.8, 4) is 0 Å². The summed E-state index contributed by atoms with van der Waals surface area (Å²) in [4.78, 5) is 0. The number of nitrogens with zero attached hydrogens (tertiary/aromatic N) is 1. The minimum Gasteiger partial charge on any atom is -0.393 e. The van der Waals surface area contributed by atoms with E-state index in [2.05, 4.69) is 0 Å². The van der Waals surface area contributed by atoms with Gasteiger partial charge >= 0.3 is 0 Å². The van der Waals surface area contributed by atoms with E-state index in [9.17, 15) is 5.11 Å². The summed E-state index contributed by atoms with van der Waals surface area (Å²) in [6.07, 6.45) is 1.22. The Morgan fingerprint density at radius 2 is 2.43 bits per heavy atom. The number of aliphatic hydroxyl groups excluding tert-OH is 1. The number of hydrogen-bond acceptors (Lipinski definition) is 4. The van der Waals surface area contributed by atoms with E-state index >= 15 is 0 Å². The molecule has 0 saturated carbocycles. The Kier molecular flexibility index (Phi) is 5.74. The standard InChI is InChI=1S/C9H18ClNO3/c1-13-5-3-11(10)7-9-6-8(12)2-4-14-9/h8-9,12H,2-7H2,1H3. The van der Waals surface area contributed by atoms with Gasteiger partial charge in [-0.3, -0.25) is 0 Å². The number of aliphatic hydroxyl groups is 1. The van der Waals surface area contributed by atoms with Crippen molar-refractivity contribution < 1.29 is 14.6 Å². The van der Waals surface area contributed by atoms with E-state index in [0.717, 1.165) is 6.42 Å². The van der Waals surface area contributed by atoms with Crippen LogP contribution in [-0.2, 0) is 9.47 Å². The first-order chi connectivity index (χ1) is 6.72. The number of rotatable bonds is 5. The first-order valence-electron chi connectivity index (χ1n) is 4.91. The highest BCUT2D eigenvalue weighted by molar-refractivity contribution is 6.13. The number of hydrogen-bond donors (Lipinski definition) is 1. The third-order valence-electron chi connectivity index (χ3n) is 2.28. The molecule has 0 aromatic rings. The molecule has 0 aromatic carbocycles. The molecule has 5 heteroatoms. The first-order valence-corrected chi connectivity index (χ1v) is 5.25. The van der Waals surface area contributed by atoms with E-state index < -0.39 is 0 Å². The van der Waals surface area contributed by atoms with Crippen LogP contribution in [0.1, 0.15) is 12.8 Å². The summed E-state index contributed by atoms with van der Waals surface area (Å²) in [6, 6.07) is 0. The van der Waals surface area contributed by atoms with Crippen molar-refractivity contribution in [1.82, 2.24) is 4.42 Å².